The van der Waals surface area contributed by atoms with Crippen LogP contribution in [-0.4, -0.2) is 35.3 Å². The predicted molar refractivity (Wildman–Crippen MR) is 148 cm³/mol. The zero-order chi connectivity index (χ0) is 25.8. The maximum absolute atomic E-state index is 12.4. The summed E-state index contributed by atoms with van der Waals surface area (Å²) in [7, 11) is 0. The van der Waals surface area contributed by atoms with Gasteiger partial charge in [0.15, 0.2) is 5.82 Å². The van der Waals surface area contributed by atoms with Crippen LogP contribution in [0.3, 0.4) is 0 Å². The van der Waals surface area contributed by atoms with E-state index in [4.69, 9.17) is 9.47 Å². The van der Waals surface area contributed by atoms with Gasteiger partial charge in [0, 0.05) is 24.6 Å². The summed E-state index contributed by atoms with van der Waals surface area (Å²) in [6.07, 6.45) is 21.3. The molecule has 0 radical (unpaired) electrons. The van der Waals surface area contributed by atoms with Crippen LogP contribution >= 0.6 is 0 Å². The van der Waals surface area contributed by atoms with Crippen molar-refractivity contribution in [3.63, 3.8) is 0 Å². The summed E-state index contributed by atoms with van der Waals surface area (Å²) < 4.78 is 11.3. The van der Waals surface area contributed by atoms with Crippen LogP contribution in [0.4, 0.5) is 0 Å². The number of rotatable bonds is 20. The van der Waals surface area contributed by atoms with Gasteiger partial charge in [-0.25, -0.2) is 14.8 Å². The highest BCUT2D eigenvalue weighted by atomic mass is 16.6. The third kappa shape index (κ3) is 12.6. The van der Waals surface area contributed by atoms with E-state index >= 15 is 0 Å². The summed E-state index contributed by atoms with van der Waals surface area (Å²) in [5, 5.41) is 0. The highest BCUT2D eigenvalue weighted by molar-refractivity contribution is 5.89. The van der Waals surface area contributed by atoms with Gasteiger partial charge in [0.2, 0.25) is 0 Å². The summed E-state index contributed by atoms with van der Waals surface area (Å²) in [6, 6.07) is 7.29. The maximum atomic E-state index is 12.4. The summed E-state index contributed by atoms with van der Waals surface area (Å²) in [5.41, 5.74) is 2.59. The molecule has 0 saturated heterocycles. The van der Waals surface area contributed by atoms with Crippen molar-refractivity contribution < 1.29 is 14.3 Å². The topological polar surface area (TPSA) is 61.3 Å². The van der Waals surface area contributed by atoms with Gasteiger partial charge in [-0.1, -0.05) is 96.6 Å². The Bertz CT molecular complexity index is 821. The van der Waals surface area contributed by atoms with Gasteiger partial charge in [-0.2, -0.15) is 0 Å². The van der Waals surface area contributed by atoms with Gasteiger partial charge in [-0.3, -0.25) is 0 Å². The fraction of sp³-hybridized carbons (Fsp3) is 0.645. The number of hydrogen-bond donors (Lipinski definition) is 0. The molecule has 0 aliphatic rings. The van der Waals surface area contributed by atoms with E-state index in [9.17, 15) is 4.79 Å². The lowest BCUT2D eigenvalue weighted by Gasteiger charge is -2.13. The first-order valence-electron chi connectivity index (χ1n) is 14.3. The second-order valence-corrected chi connectivity index (χ2v) is 9.91. The Balaban J connectivity index is 1.64. The van der Waals surface area contributed by atoms with E-state index in [1.165, 1.54) is 82.6 Å². The molecule has 1 unspecified atom stereocenters. The Kier molecular flexibility index (Phi) is 15.7. The maximum Gasteiger partial charge on any atom is 0.338 e. The molecule has 1 atom stereocenters. The molecule has 0 aliphatic carbocycles. The molecule has 0 fully saturated rings. The van der Waals surface area contributed by atoms with Gasteiger partial charge >= 0.3 is 5.97 Å². The number of esters is 1. The van der Waals surface area contributed by atoms with E-state index < -0.39 is 0 Å². The smallest absolute Gasteiger partial charge is 0.338 e. The molecular formula is C31H48N2O3. The van der Waals surface area contributed by atoms with Crippen LogP contribution in [0.5, 0.6) is 0 Å². The molecular weight excluding hydrogens is 448 g/mol. The first-order valence-corrected chi connectivity index (χ1v) is 14.3. The number of benzene rings is 1. The third-order valence-corrected chi connectivity index (χ3v) is 6.50. The van der Waals surface area contributed by atoms with Crippen molar-refractivity contribution in [2.24, 2.45) is 0 Å². The largest absolute Gasteiger partial charge is 0.459 e. The minimum atomic E-state index is -0.330. The number of unbranched alkanes of at least 4 members (excludes halogenated alkanes) is 11. The summed E-state index contributed by atoms with van der Waals surface area (Å²) in [4.78, 5) is 21.5. The molecule has 0 aliphatic heterocycles. The molecule has 1 heterocycles. The van der Waals surface area contributed by atoms with Crippen LogP contribution in [0.25, 0.3) is 11.4 Å². The second-order valence-electron chi connectivity index (χ2n) is 9.91. The van der Waals surface area contributed by atoms with E-state index in [2.05, 4.69) is 23.8 Å². The van der Waals surface area contributed by atoms with Crippen LogP contribution in [0.15, 0.2) is 36.7 Å². The van der Waals surface area contributed by atoms with Gasteiger partial charge < -0.3 is 9.47 Å². The summed E-state index contributed by atoms with van der Waals surface area (Å²) in [6.45, 7) is 7.42. The molecule has 5 heteroatoms. The number of aromatic nitrogens is 2. The number of ether oxygens (including phenoxy) is 2. The third-order valence-electron chi connectivity index (χ3n) is 6.50. The predicted octanol–water partition coefficient (Wildman–Crippen LogP) is 8.36. The fourth-order valence-electron chi connectivity index (χ4n) is 4.17. The lowest BCUT2D eigenvalue weighted by molar-refractivity contribution is -0.00140. The highest BCUT2D eigenvalue weighted by Crippen LogP contribution is 2.17. The first-order chi connectivity index (χ1) is 17.6. The van der Waals surface area contributed by atoms with Gasteiger partial charge in [0.05, 0.1) is 11.7 Å². The number of hydrogen-bond acceptors (Lipinski definition) is 5. The van der Waals surface area contributed by atoms with Crippen molar-refractivity contribution in [2.75, 3.05) is 13.2 Å². The molecule has 0 spiro atoms. The first kappa shape index (κ1) is 30.0. The highest BCUT2D eigenvalue weighted by Gasteiger charge is 2.11. The van der Waals surface area contributed by atoms with Gasteiger partial charge in [-0.15, -0.1) is 0 Å². The van der Waals surface area contributed by atoms with Crippen molar-refractivity contribution in [1.82, 2.24) is 9.97 Å². The Hall–Kier alpha value is -2.27. The average molecular weight is 497 g/mol. The van der Waals surface area contributed by atoms with E-state index in [1.54, 1.807) is 12.1 Å². The lowest BCUT2D eigenvalue weighted by atomic mass is 10.1. The van der Waals surface area contributed by atoms with Crippen molar-refractivity contribution >= 4 is 5.97 Å². The SMILES string of the molecule is CCCCCCCCCCOC(C)COC(=O)c1ccc(-c2ncc(CCCCCCC)cn2)cc1. The van der Waals surface area contributed by atoms with Gasteiger partial charge in [0.25, 0.3) is 0 Å². The fourth-order valence-corrected chi connectivity index (χ4v) is 4.17. The van der Waals surface area contributed by atoms with Crippen LogP contribution in [-0.2, 0) is 15.9 Å². The Labute approximate surface area is 219 Å². The van der Waals surface area contributed by atoms with Gasteiger partial charge in [0.1, 0.15) is 6.61 Å². The molecule has 2 rings (SSSR count). The quantitative estimate of drug-likeness (QED) is 0.136. The Morgan fingerprint density at radius 2 is 1.33 bits per heavy atom. The number of aryl methyl sites for hydroxylation is 1. The molecule has 0 saturated carbocycles. The lowest BCUT2D eigenvalue weighted by Crippen LogP contribution is -2.19. The second kappa shape index (κ2) is 18.9. The molecule has 5 nitrogen and oxygen atoms in total. The molecule has 0 N–H and O–H groups in total. The standard InChI is InChI=1S/C31H48N2O3/c1-4-6-8-10-11-12-14-16-22-35-26(3)25-36-31(34)29-20-18-28(19-21-29)30-32-23-27(24-33-30)17-15-13-9-7-5-2/h18-21,23-24,26H,4-17,22,25H2,1-3H3. The molecule has 36 heavy (non-hydrogen) atoms. The van der Waals surface area contributed by atoms with Crippen LogP contribution in [0.2, 0.25) is 0 Å². The molecule has 1 aromatic carbocycles. The van der Waals surface area contributed by atoms with Crippen molar-refractivity contribution in [3.8, 4) is 11.4 Å². The molecule has 0 amide bonds. The number of nitrogens with zero attached hydrogens (tertiary/aromatic N) is 2. The van der Waals surface area contributed by atoms with Crippen molar-refractivity contribution in [3.05, 3.63) is 47.8 Å². The normalized spacial score (nSPS) is 12.0. The number of carbonyl (C=O) groups excluding carboxylic acids is 1. The van der Waals surface area contributed by atoms with E-state index in [0.717, 1.165) is 25.0 Å². The van der Waals surface area contributed by atoms with Crippen LogP contribution in [0.1, 0.15) is 120 Å². The minimum absolute atomic E-state index is 0.101. The monoisotopic (exact) mass is 496 g/mol. The Morgan fingerprint density at radius 3 is 1.94 bits per heavy atom. The van der Waals surface area contributed by atoms with E-state index in [1.807, 2.05) is 31.5 Å². The number of carbonyl (C=O) groups is 1. The molecule has 200 valence electrons. The molecule has 1 aromatic heterocycles. The van der Waals surface area contributed by atoms with Gasteiger partial charge in [-0.05, 0) is 43.9 Å². The minimum Gasteiger partial charge on any atom is -0.459 e. The van der Waals surface area contributed by atoms with Crippen LogP contribution in [0, 0.1) is 0 Å². The zero-order valence-corrected chi connectivity index (χ0v) is 23.0. The zero-order valence-electron chi connectivity index (χ0n) is 23.0. The summed E-state index contributed by atoms with van der Waals surface area (Å²) >= 11 is 0. The Morgan fingerprint density at radius 1 is 0.778 bits per heavy atom. The van der Waals surface area contributed by atoms with Crippen LogP contribution < -0.4 is 0 Å². The van der Waals surface area contributed by atoms with E-state index in [0.29, 0.717) is 11.4 Å². The van der Waals surface area contributed by atoms with Crippen molar-refractivity contribution in [2.45, 2.75) is 117 Å². The van der Waals surface area contributed by atoms with Crippen molar-refractivity contribution in [1.29, 1.82) is 0 Å². The average Bonchev–Trinajstić information content (AvgIpc) is 2.91. The van der Waals surface area contributed by atoms with E-state index in [-0.39, 0.29) is 18.7 Å². The molecule has 0 bridgehead atoms. The molecule has 2 aromatic rings. The summed E-state index contributed by atoms with van der Waals surface area (Å²) in [5.74, 6) is 0.344.